The van der Waals surface area contributed by atoms with E-state index in [0.29, 0.717) is 0 Å². The zero-order valence-corrected chi connectivity index (χ0v) is 21.3. The molecular weight excluding hydrogens is 391 g/mol. The maximum Gasteiger partial charge on any atom is 4.00 e. The molecule has 3 aliphatic carbocycles. The molecule has 1 heteroatoms. The van der Waals surface area contributed by atoms with Crippen molar-refractivity contribution in [3.8, 4) is 0 Å². The molecule has 0 aromatic rings. The summed E-state index contributed by atoms with van der Waals surface area (Å²) in [6, 6.07) is 0. The van der Waals surface area contributed by atoms with Crippen LogP contribution < -0.4 is 0 Å². The summed E-state index contributed by atoms with van der Waals surface area (Å²) in [5, 5.41) is 0. The Morgan fingerprint density at radius 1 is 0.538 bits per heavy atom. The molecule has 2 fully saturated rings. The molecule has 8 unspecified atom stereocenters. The minimum atomic E-state index is 0. The molecule has 0 bridgehead atoms. The fourth-order valence-electron chi connectivity index (χ4n) is 4.73. The Bertz CT molecular complexity index is 336. The minimum Gasteiger partial charge on any atom is -0.358 e. The second kappa shape index (κ2) is 16.3. The fourth-order valence-corrected chi connectivity index (χ4v) is 4.73. The molecule has 0 N–H and O–H groups in total. The monoisotopic (exact) mass is 440 g/mol. The molecule has 0 saturated heterocycles. The van der Waals surface area contributed by atoms with E-state index in [1.165, 1.54) is 12.8 Å². The van der Waals surface area contributed by atoms with Crippen molar-refractivity contribution in [2.45, 2.75) is 61.8 Å². The van der Waals surface area contributed by atoms with E-state index >= 15 is 0 Å². The van der Waals surface area contributed by atoms with Gasteiger partial charge in [-0.15, -0.1) is 0 Å². The van der Waals surface area contributed by atoms with E-state index in [-0.39, 0.29) is 63.3 Å². The predicted octanol–water partition coefficient (Wildman–Crippen LogP) is 8.39. The average Bonchev–Trinajstić information content (AvgIpc) is 2.84. The van der Waals surface area contributed by atoms with Crippen LogP contribution in [-0.4, -0.2) is 0 Å². The maximum absolute atomic E-state index is 2.39. The number of allylic oxidation sites excluding steroid dienone is 4. The third-order valence-corrected chi connectivity index (χ3v) is 6.65. The van der Waals surface area contributed by atoms with E-state index in [9.17, 15) is 0 Å². The Morgan fingerprint density at radius 2 is 0.808 bits per heavy atom. The SMILES string of the molecule is C.CC1CC(C)C(C)C1C.CC1CC(C)C2C=CC=CC12.[CH3-].[CH3-].[CH3-].[CH3-].[Zr+4]. The van der Waals surface area contributed by atoms with Gasteiger partial charge in [-0.05, 0) is 60.2 Å². The Balaban J connectivity index is -0.0000000931. The van der Waals surface area contributed by atoms with Crippen LogP contribution in [0, 0.1) is 77.0 Å². The number of fused-ring (bicyclic) bond motifs is 1. The van der Waals surface area contributed by atoms with Gasteiger partial charge in [-0.2, -0.15) is 0 Å². The Morgan fingerprint density at radius 3 is 1.04 bits per heavy atom. The van der Waals surface area contributed by atoms with Gasteiger partial charge in [-0.3, -0.25) is 0 Å². The first-order valence-electron chi connectivity index (χ1n) is 8.76. The van der Waals surface area contributed by atoms with Gasteiger partial charge in [0.15, 0.2) is 0 Å². The van der Waals surface area contributed by atoms with Gasteiger partial charge in [-0.1, -0.05) is 73.3 Å². The van der Waals surface area contributed by atoms with Crippen LogP contribution in [0.5, 0.6) is 0 Å². The first kappa shape index (κ1) is 37.2. The van der Waals surface area contributed by atoms with Crippen molar-refractivity contribution in [1.82, 2.24) is 0 Å². The summed E-state index contributed by atoms with van der Waals surface area (Å²) in [4.78, 5) is 0. The summed E-state index contributed by atoms with van der Waals surface area (Å²) in [6.07, 6.45) is 12.0. The van der Waals surface area contributed by atoms with Gasteiger partial charge < -0.3 is 29.7 Å². The van der Waals surface area contributed by atoms with E-state index < -0.39 is 0 Å². The molecule has 0 spiro atoms. The summed E-state index contributed by atoms with van der Waals surface area (Å²) < 4.78 is 0. The van der Waals surface area contributed by atoms with Crippen molar-refractivity contribution >= 4 is 0 Å². The Labute approximate surface area is 188 Å². The fraction of sp³-hybridized carbons (Fsp3) is 0.680. The van der Waals surface area contributed by atoms with E-state index in [1.807, 2.05) is 0 Å². The van der Waals surface area contributed by atoms with Crippen LogP contribution in [0.25, 0.3) is 0 Å². The van der Waals surface area contributed by atoms with Crippen molar-refractivity contribution in [2.24, 2.45) is 47.3 Å². The van der Waals surface area contributed by atoms with Crippen LogP contribution >= 0.6 is 0 Å². The van der Waals surface area contributed by atoms with Gasteiger partial charge in [0.25, 0.3) is 0 Å². The Kier molecular flexibility index (Phi) is 23.3. The molecule has 0 aromatic carbocycles. The molecule has 0 heterocycles. The largest absolute Gasteiger partial charge is 4.00 e. The van der Waals surface area contributed by atoms with E-state index in [4.69, 9.17) is 0 Å². The molecule has 0 radical (unpaired) electrons. The number of hydrogen-bond acceptors (Lipinski definition) is 0. The van der Waals surface area contributed by atoms with Gasteiger partial charge in [-0.25, -0.2) is 0 Å². The van der Waals surface area contributed by atoms with Gasteiger partial charge in [0.2, 0.25) is 0 Å². The minimum absolute atomic E-state index is 0. The van der Waals surface area contributed by atoms with Crippen LogP contribution in [0.1, 0.15) is 61.8 Å². The topological polar surface area (TPSA) is 0 Å². The summed E-state index contributed by atoms with van der Waals surface area (Å²) in [6.45, 7) is 14.3. The maximum atomic E-state index is 2.39. The molecule has 3 rings (SSSR count). The molecular formula is C25H50Zr. The summed E-state index contributed by atoms with van der Waals surface area (Å²) >= 11 is 0. The van der Waals surface area contributed by atoms with Crippen molar-refractivity contribution in [1.29, 1.82) is 0 Å². The standard InChI is InChI=1S/C11H16.C9H18.CH4.4CH3.Zr/c1-8-7-9(2)11-6-4-3-5-10(8)11;1-6-5-7(2)9(4)8(6)3;;;;;;/h3-6,8-11H,7H2,1-2H3;6-9H,5H2,1-4H3;1H4;4*1H3;/q;;;4*-1;+4. The average molecular weight is 442 g/mol. The van der Waals surface area contributed by atoms with Gasteiger partial charge in [0.1, 0.15) is 0 Å². The molecule has 8 atom stereocenters. The molecule has 154 valence electrons. The van der Waals surface area contributed by atoms with Crippen molar-refractivity contribution in [2.75, 3.05) is 0 Å². The van der Waals surface area contributed by atoms with E-state index in [0.717, 1.165) is 47.3 Å². The zero-order chi connectivity index (χ0) is 14.9. The van der Waals surface area contributed by atoms with Crippen LogP contribution in [0.15, 0.2) is 24.3 Å². The summed E-state index contributed by atoms with van der Waals surface area (Å²) in [5.74, 6) is 7.34. The molecule has 0 aliphatic heterocycles. The first-order chi connectivity index (χ1) is 9.41. The third kappa shape index (κ3) is 8.58. The smallest absolute Gasteiger partial charge is 0.358 e. The third-order valence-electron chi connectivity index (χ3n) is 6.65. The molecule has 2 saturated carbocycles. The molecule has 26 heavy (non-hydrogen) atoms. The van der Waals surface area contributed by atoms with Crippen LogP contribution in [0.3, 0.4) is 0 Å². The molecule has 0 amide bonds. The summed E-state index contributed by atoms with van der Waals surface area (Å²) in [7, 11) is 0. The zero-order valence-electron chi connectivity index (χ0n) is 18.8. The second-order valence-electron chi connectivity index (χ2n) is 8.02. The normalized spacial score (nSPS) is 38.2. The number of rotatable bonds is 0. The van der Waals surface area contributed by atoms with Crippen LogP contribution in [-0.2, 0) is 26.2 Å². The van der Waals surface area contributed by atoms with Crippen molar-refractivity contribution < 1.29 is 26.2 Å². The van der Waals surface area contributed by atoms with Crippen molar-refractivity contribution in [3.63, 3.8) is 0 Å². The van der Waals surface area contributed by atoms with Gasteiger partial charge >= 0.3 is 26.2 Å². The predicted molar refractivity (Wildman–Crippen MR) is 122 cm³/mol. The Hall–Kier alpha value is 0.363. The first-order valence-corrected chi connectivity index (χ1v) is 8.76. The van der Waals surface area contributed by atoms with Gasteiger partial charge in [0.05, 0.1) is 0 Å². The molecule has 3 aliphatic rings. The summed E-state index contributed by atoms with van der Waals surface area (Å²) in [5.41, 5.74) is 0. The van der Waals surface area contributed by atoms with Crippen LogP contribution in [0.4, 0.5) is 0 Å². The van der Waals surface area contributed by atoms with Crippen molar-refractivity contribution in [3.05, 3.63) is 54.0 Å². The van der Waals surface area contributed by atoms with E-state index in [2.05, 4.69) is 65.8 Å². The van der Waals surface area contributed by atoms with Crippen LogP contribution in [0.2, 0.25) is 0 Å². The quantitative estimate of drug-likeness (QED) is 0.331. The van der Waals surface area contributed by atoms with E-state index in [1.54, 1.807) is 0 Å². The molecule has 0 aromatic heterocycles. The van der Waals surface area contributed by atoms with Gasteiger partial charge in [0, 0.05) is 0 Å². The second-order valence-corrected chi connectivity index (χ2v) is 8.02. The number of hydrogen-bond donors (Lipinski definition) is 0. The molecule has 0 nitrogen and oxygen atoms in total.